The van der Waals surface area contributed by atoms with E-state index in [2.05, 4.69) is 19.1 Å². The van der Waals surface area contributed by atoms with E-state index >= 15 is 8.78 Å². The normalized spacial score (nSPS) is 17.7. The van der Waals surface area contributed by atoms with Gasteiger partial charge in [0.1, 0.15) is 0 Å². The van der Waals surface area contributed by atoms with Crippen molar-refractivity contribution < 1.29 is 17.6 Å². The van der Waals surface area contributed by atoms with E-state index in [0.29, 0.717) is 34.6 Å². The smallest absolute Gasteiger partial charge is 0.166 e. The molecule has 0 N–H and O–H groups in total. The fourth-order valence-corrected chi connectivity index (χ4v) is 5.94. The first-order chi connectivity index (χ1) is 18.9. The van der Waals surface area contributed by atoms with Gasteiger partial charge in [0, 0.05) is 11.1 Å². The minimum absolute atomic E-state index is 0.0429. The molecule has 1 saturated carbocycles. The van der Waals surface area contributed by atoms with Gasteiger partial charge in [-0.05, 0) is 92.4 Å². The minimum Gasteiger partial charge on any atom is -0.203 e. The zero-order valence-electron chi connectivity index (χ0n) is 23.2. The summed E-state index contributed by atoms with van der Waals surface area (Å²) < 4.78 is 60.1. The van der Waals surface area contributed by atoms with Gasteiger partial charge in [0.25, 0.3) is 0 Å². The van der Waals surface area contributed by atoms with E-state index in [4.69, 9.17) is 0 Å². The fraction of sp³-hybridized carbons (Fsp3) is 0.429. The number of benzene rings is 3. The second kappa shape index (κ2) is 14.0. The van der Waals surface area contributed by atoms with Crippen molar-refractivity contribution >= 4 is 0 Å². The second-order valence-corrected chi connectivity index (χ2v) is 11.0. The lowest BCUT2D eigenvalue weighted by Crippen LogP contribution is -2.15. The van der Waals surface area contributed by atoms with Crippen LogP contribution in [-0.4, -0.2) is 0 Å². The molecule has 0 heterocycles. The highest BCUT2D eigenvalue weighted by molar-refractivity contribution is 5.71. The molecule has 0 unspecified atom stereocenters. The number of rotatable bonds is 11. The molecular weight excluding hydrogens is 496 g/mol. The van der Waals surface area contributed by atoms with Crippen molar-refractivity contribution in [1.29, 1.82) is 0 Å². The van der Waals surface area contributed by atoms with Crippen LogP contribution in [-0.2, 0) is 6.42 Å². The maximum atomic E-state index is 15.2. The number of halogens is 4. The van der Waals surface area contributed by atoms with Gasteiger partial charge in [0.15, 0.2) is 23.3 Å². The monoisotopic (exact) mass is 536 g/mol. The van der Waals surface area contributed by atoms with Crippen molar-refractivity contribution in [3.8, 4) is 22.3 Å². The molecule has 3 aromatic carbocycles. The van der Waals surface area contributed by atoms with Crippen molar-refractivity contribution in [2.45, 2.75) is 90.4 Å². The molecule has 0 aromatic heterocycles. The third-order valence-corrected chi connectivity index (χ3v) is 8.34. The molecule has 0 aliphatic heterocycles. The number of allylic oxidation sites excluding steroid dienone is 2. The molecule has 4 rings (SSSR count). The van der Waals surface area contributed by atoms with E-state index in [1.807, 2.05) is 6.92 Å². The van der Waals surface area contributed by atoms with Gasteiger partial charge >= 0.3 is 0 Å². The molecule has 0 bridgehead atoms. The molecule has 39 heavy (non-hydrogen) atoms. The Labute approximate surface area is 231 Å². The van der Waals surface area contributed by atoms with Gasteiger partial charge < -0.3 is 0 Å². The third kappa shape index (κ3) is 7.01. The molecule has 1 aliphatic carbocycles. The van der Waals surface area contributed by atoms with Crippen LogP contribution in [0.15, 0.2) is 60.7 Å². The highest BCUT2D eigenvalue weighted by Gasteiger charge is 2.26. The van der Waals surface area contributed by atoms with Crippen molar-refractivity contribution in [2.24, 2.45) is 5.92 Å². The Balaban J connectivity index is 1.46. The van der Waals surface area contributed by atoms with Crippen LogP contribution < -0.4 is 0 Å². The van der Waals surface area contributed by atoms with E-state index in [-0.39, 0.29) is 17.0 Å². The predicted molar refractivity (Wildman–Crippen MR) is 154 cm³/mol. The number of hydrogen-bond donors (Lipinski definition) is 0. The molecule has 208 valence electrons. The third-order valence-electron chi connectivity index (χ3n) is 8.34. The van der Waals surface area contributed by atoms with Crippen molar-refractivity contribution in [3.63, 3.8) is 0 Å². The molecule has 0 radical (unpaired) electrons. The van der Waals surface area contributed by atoms with Crippen LogP contribution in [0, 0.1) is 29.2 Å². The van der Waals surface area contributed by atoms with E-state index in [1.54, 1.807) is 48.5 Å². The van der Waals surface area contributed by atoms with Gasteiger partial charge in [0.05, 0.1) is 0 Å². The minimum atomic E-state index is -0.867. The number of unbranched alkanes of at least 4 members (excludes halogenated alkanes) is 3. The topological polar surface area (TPSA) is 0 Å². The maximum Gasteiger partial charge on any atom is 0.166 e. The van der Waals surface area contributed by atoms with E-state index < -0.39 is 23.3 Å². The second-order valence-electron chi connectivity index (χ2n) is 11.0. The highest BCUT2D eigenvalue weighted by Crippen LogP contribution is 2.40. The lowest BCUT2D eigenvalue weighted by molar-refractivity contribution is 0.306. The Morgan fingerprint density at radius 1 is 0.692 bits per heavy atom. The maximum absolute atomic E-state index is 15.2. The molecule has 0 spiro atoms. The van der Waals surface area contributed by atoms with E-state index in [1.165, 1.54) is 0 Å². The Morgan fingerprint density at radius 2 is 1.31 bits per heavy atom. The molecule has 1 aliphatic rings. The highest BCUT2D eigenvalue weighted by atomic mass is 19.2. The summed E-state index contributed by atoms with van der Waals surface area (Å²) in [5, 5.41) is 0. The lowest BCUT2D eigenvalue weighted by atomic mass is 9.77. The first-order valence-corrected chi connectivity index (χ1v) is 14.6. The zero-order valence-corrected chi connectivity index (χ0v) is 23.2. The van der Waals surface area contributed by atoms with Crippen molar-refractivity contribution in [3.05, 3.63) is 95.1 Å². The van der Waals surface area contributed by atoms with Crippen LogP contribution in [0.3, 0.4) is 0 Å². The van der Waals surface area contributed by atoms with Crippen LogP contribution in [0.1, 0.15) is 95.1 Å². The van der Waals surface area contributed by atoms with Gasteiger partial charge in [-0.3, -0.25) is 0 Å². The van der Waals surface area contributed by atoms with Gasteiger partial charge in [-0.15, -0.1) is 0 Å². The SMILES string of the molecule is C/C=C/CCC1CCC(c2ccc(-c3ccc(-c4ccc(CCCCCC)c(F)c4F)cc3)c(F)c2F)CC1. The average molecular weight is 537 g/mol. The molecular formula is C35H40F4. The Morgan fingerprint density at radius 3 is 1.92 bits per heavy atom. The van der Waals surface area contributed by atoms with Gasteiger partial charge in [-0.25, -0.2) is 17.6 Å². The first-order valence-electron chi connectivity index (χ1n) is 14.6. The molecule has 3 aromatic rings. The van der Waals surface area contributed by atoms with Crippen LogP contribution in [0.2, 0.25) is 0 Å². The molecule has 0 nitrogen and oxygen atoms in total. The molecule has 0 atom stereocenters. The summed E-state index contributed by atoms with van der Waals surface area (Å²) in [6.45, 7) is 4.14. The molecule has 1 fully saturated rings. The summed E-state index contributed by atoms with van der Waals surface area (Å²) in [5.41, 5.74) is 2.20. The van der Waals surface area contributed by atoms with Crippen LogP contribution >= 0.6 is 0 Å². The number of aryl methyl sites for hydroxylation is 1. The number of hydrogen-bond acceptors (Lipinski definition) is 0. The lowest BCUT2D eigenvalue weighted by Gasteiger charge is -2.29. The van der Waals surface area contributed by atoms with Crippen LogP contribution in [0.25, 0.3) is 22.3 Å². The Kier molecular flexibility index (Phi) is 10.4. The summed E-state index contributed by atoms with van der Waals surface area (Å²) in [4.78, 5) is 0. The molecule has 4 heteroatoms. The van der Waals surface area contributed by atoms with Gasteiger partial charge in [0.2, 0.25) is 0 Å². The van der Waals surface area contributed by atoms with Gasteiger partial charge in [-0.1, -0.05) is 86.9 Å². The summed E-state index contributed by atoms with van der Waals surface area (Å²) in [6, 6.07) is 13.2. The van der Waals surface area contributed by atoms with Crippen molar-refractivity contribution in [1.82, 2.24) is 0 Å². The van der Waals surface area contributed by atoms with Crippen LogP contribution in [0.5, 0.6) is 0 Å². The summed E-state index contributed by atoms with van der Waals surface area (Å²) in [5.74, 6) is -2.58. The fourth-order valence-electron chi connectivity index (χ4n) is 5.94. The molecule has 0 amide bonds. The molecule has 0 saturated heterocycles. The summed E-state index contributed by atoms with van der Waals surface area (Å²) in [7, 11) is 0. The van der Waals surface area contributed by atoms with E-state index in [9.17, 15) is 8.78 Å². The summed E-state index contributed by atoms with van der Waals surface area (Å²) in [6.07, 6.45) is 14.9. The van der Waals surface area contributed by atoms with Crippen LogP contribution in [0.4, 0.5) is 17.6 Å². The zero-order chi connectivity index (χ0) is 27.8. The van der Waals surface area contributed by atoms with Gasteiger partial charge in [-0.2, -0.15) is 0 Å². The first kappa shape index (κ1) is 29.1. The standard InChI is InChI=1S/C35H40F4/c1-3-5-7-9-11-28-20-21-29(33(37)32(28)36)26-16-18-27(19-17-26)31-23-22-30(34(38)35(31)39)25-14-12-24(13-15-25)10-8-6-4-2/h4,6,16-25H,3,5,7-15H2,1-2H3/b6-4+. The summed E-state index contributed by atoms with van der Waals surface area (Å²) >= 11 is 0. The largest absolute Gasteiger partial charge is 0.203 e. The Hall–Kier alpha value is -2.88. The Bertz CT molecular complexity index is 1250. The predicted octanol–water partition coefficient (Wildman–Crippen LogP) is 11.3. The quantitative estimate of drug-likeness (QED) is 0.130. The average Bonchev–Trinajstić information content (AvgIpc) is 2.96. The van der Waals surface area contributed by atoms with Crippen molar-refractivity contribution in [2.75, 3.05) is 0 Å². The van der Waals surface area contributed by atoms with E-state index in [0.717, 1.165) is 64.2 Å².